The summed E-state index contributed by atoms with van der Waals surface area (Å²) in [5, 5.41) is 24.7. The molecule has 3 rings (SSSR count). The van der Waals surface area contributed by atoms with E-state index in [1.165, 1.54) is 30.6 Å². The first-order valence-corrected chi connectivity index (χ1v) is 8.81. The molecule has 0 aliphatic heterocycles. The third-order valence-corrected chi connectivity index (χ3v) is 4.84. The fourth-order valence-electron chi connectivity index (χ4n) is 2.46. The molecule has 29 heavy (non-hydrogen) atoms. The van der Waals surface area contributed by atoms with E-state index in [0.717, 1.165) is 16.2 Å². The van der Waals surface area contributed by atoms with Crippen molar-refractivity contribution in [2.45, 2.75) is 6.10 Å². The standard InChI is InChI=1S/C18H15FN2O4S.CH2O2/c1-24-13-5-3-10(6-12(13)19)16(18(22)23)25-11-4-2-9-7-15(17(20)21)26-14(9)8-11;2-1-3/h2-8,16H,1H3,(H3,20,21)(H,22,23);1H,(H,2,3). The smallest absolute Gasteiger partial charge is 0.349 e. The van der Waals surface area contributed by atoms with Gasteiger partial charge in [0.05, 0.1) is 12.0 Å². The fraction of sp³-hybridized carbons (Fsp3) is 0.105. The average molecular weight is 420 g/mol. The summed E-state index contributed by atoms with van der Waals surface area (Å²) in [6, 6.07) is 10.7. The Morgan fingerprint density at radius 3 is 2.52 bits per heavy atom. The highest BCUT2D eigenvalue weighted by Crippen LogP contribution is 2.32. The van der Waals surface area contributed by atoms with Crippen LogP contribution in [0.1, 0.15) is 16.5 Å². The number of nitrogens with two attached hydrogens (primary N) is 1. The second-order valence-electron chi connectivity index (χ2n) is 5.56. The molecule has 1 atom stereocenters. The number of methoxy groups -OCH3 is 1. The van der Waals surface area contributed by atoms with Crippen molar-refractivity contribution in [3.8, 4) is 11.5 Å². The fourth-order valence-corrected chi connectivity index (χ4v) is 3.41. The number of carbonyl (C=O) groups is 2. The first-order chi connectivity index (χ1) is 13.8. The summed E-state index contributed by atoms with van der Waals surface area (Å²) in [5.41, 5.74) is 5.65. The lowest BCUT2D eigenvalue weighted by Crippen LogP contribution is -2.18. The predicted molar refractivity (Wildman–Crippen MR) is 105 cm³/mol. The van der Waals surface area contributed by atoms with Crippen molar-refractivity contribution in [3.63, 3.8) is 0 Å². The van der Waals surface area contributed by atoms with E-state index in [2.05, 4.69) is 0 Å². The number of benzene rings is 2. The molecule has 152 valence electrons. The molecule has 0 saturated heterocycles. The molecular formula is C19H17FN2O6S. The van der Waals surface area contributed by atoms with E-state index in [1.807, 2.05) is 0 Å². The molecule has 1 aromatic heterocycles. The van der Waals surface area contributed by atoms with Gasteiger partial charge in [-0.05, 0) is 41.8 Å². The summed E-state index contributed by atoms with van der Waals surface area (Å²) in [6.45, 7) is -0.250. The van der Waals surface area contributed by atoms with E-state index in [9.17, 15) is 14.3 Å². The Labute approximate surface area is 168 Å². The van der Waals surface area contributed by atoms with Crippen LogP contribution in [-0.2, 0) is 9.59 Å². The van der Waals surface area contributed by atoms with Crippen molar-refractivity contribution in [2.24, 2.45) is 5.73 Å². The van der Waals surface area contributed by atoms with Crippen LogP contribution in [0.3, 0.4) is 0 Å². The SMILES string of the molecule is COc1ccc(C(Oc2ccc3cc(C(=N)N)sc3c2)C(=O)O)cc1F.O=CO. The molecule has 0 radical (unpaired) electrons. The minimum atomic E-state index is -1.37. The number of nitrogen functional groups attached to an aromatic ring is 1. The maximum absolute atomic E-state index is 13.9. The summed E-state index contributed by atoms with van der Waals surface area (Å²) in [4.78, 5) is 20.6. The topological polar surface area (TPSA) is 143 Å². The van der Waals surface area contributed by atoms with Crippen molar-refractivity contribution in [1.82, 2.24) is 0 Å². The first-order valence-electron chi connectivity index (χ1n) is 7.99. The summed E-state index contributed by atoms with van der Waals surface area (Å²) < 4.78 is 25.1. The molecule has 0 bridgehead atoms. The number of nitrogens with one attached hydrogen (secondary N) is 1. The van der Waals surface area contributed by atoms with Crippen LogP contribution in [0.5, 0.6) is 11.5 Å². The van der Waals surface area contributed by atoms with Gasteiger partial charge < -0.3 is 25.4 Å². The molecule has 10 heteroatoms. The van der Waals surface area contributed by atoms with Crippen molar-refractivity contribution in [1.29, 1.82) is 5.41 Å². The van der Waals surface area contributed by atoms with Crippen LogP contribution < -0.4 is 15.2 Å². The molecule has 0 aliphatic carbocycles. The largest absolute Gasteiger partial charge is 0.494 e. The van der Waals surface area contributed by atoms with Crippen LogP contribution >= 0.6 is 11.3 Å². The minimum absolute atomic E-state index is 0.0228. The lowest BCUT2D eigenvalue weighted by Gasteiger charge is -2.16. The van der Waals surface area contributed by atoms with Gasteiger partial charge in [0.15, 0.2) is 11.6 Å². The number of amidine groups is 1. The van der Waals surface area contributed by atoms with Crippen LogP contribution in [-0.4, -0.2) is 35.6 Å². The van der Waals surface area contributed by atoms with Gasteiger partial charge in [0.1, 0.15) is 11.6 Å². The lowest BCUT2D eigenvalue weighted by molar-refractivity contribution is -0.145. The Morgan fingerprint density at radius 1 is 1.28 bits per heavy atom. The summed E-state index contributed by atoms with van der Waals surface area (Å²) in [6.07, 6.45) is -1.37. The highest BCUT2D eigenvalue weighted by molar-refractivity contribution is 7.20. The first kappa shape index (κ1) is 21.6. The zero-order valence-corrected chi connectivity index (χ0v) is 15.9. The molecule has 2 aromatic carbocycles. The van der Waals surface area contributed by atoms with Gasteiger partial charge in [0, 0.05) is 10.3 Å². The highest BCUT2D eigenvalue weighted by atomic mass is 32.1. The maximum atomic E-state index is 13.9. The van der Waals surface area contributed by atoms with Gasteiger partial charge in [-0.3, -0.25) is 10.2 Å². The molecule has 8 nitrogen and oxygen atoms in total. The van der Waals surface area contributed by atoms with E-state index in [-0.39, 0.29) is 23.6 Å². The Balaban J connectivity index is 0.000000941. The van der Waals surface area contributed by atoms with Crippen LogP contribution in [0.15, 0.2) is 42.5 Å². The quantitative estimate of drug-likeness (QED) is 0.272. The van der Waals surface area contributed by atoms with Gasteiger partial charge in [-0.2, -0.15) is 0 Å². The van der Waals surface area contributed by atoms with E-state index < -0.39 is 17.9 Å². The molecule has 0 spiro atoms. The number of hydrogen-bond acceptors (Lipinski definition) is 6. The second-order valence-corrected chi connectivity index (χ2v) is 6.64. The number of carboxylic acid groups (broad SMARTS) is 2. The zero-order valence-electron chi connectivity index (χ0n) is 15.1. The second kappa shape index (κ2) is 9.51. The van der Waals surface area contributed by atoms with Crippen LogP contribution in [0.25, 0.3) is 10.1 Å². The molecular weight excluding hydrogens is 403 g/mol. The number of hydrogen-bond donors (Lipinski definition) is 4. The van der Waals surface area contributed by atoms with E-state index >= 15 is 0 Å². The van der Waals surface area contributed by atoms with E-state index in [1.54, 1.807) is 24.3 Å². The van der Waals surface area contributed by atoms with Crippen molar-refractivity contribution in [2.75, 3.05) is 7.11 Å². The Kier molecular flexibility index (Phi) is 7.10. The summed E-state index contributed by atoms with van der Waals surface area (Å²) in [7, 11) is 1.33. The van der Waals surface area contributed by atoms with Crippen molar-refractivity contribution in [3.05, 3.63) is 58.7 Å². The Bertz CT molecular complexity index is 1050. The number of halogens is 1. The Morgan fingerprint density at radius 2 is 1.97 bits per heavy atom. The molecule has 0 amide bonds. The molecule has 1 unspecified atom stereocenters. The maximum Gasteiger partial charge on any atom is 0.349 e. The van der Waals surface area contributed by atoms with Crippen molar-refractivity contribution >= 4 is 39.7 Å². The molecule has 5 N–H and O–H groups in total. The van der Waals surface area contributed by atoms with Gasteiger partial charge in [0.2, 0.25) is 6.10 Å². The molecule has 3 aromatic rings. The van der Waals surface area contributed by atoms with Gasteiger partial charge >= 0.3 is 5.97 Å². The molecule has 0 saturated carbocycles. The van der Waals surface area contributed by atoms with Crippen LogP contribution in [0.4, 0.5) is 4.39 Å². The van der Waals surface area contributed by atoms with Crippen LogP contribution in [0, 0.1) is 11.2 Å². The lowest BCUT2D eigenvalue weighted by atomic mass is 10.1. The van der Waals surface area contributed by atoms with Gasteiger partial charge in [-0.25, -0.2) is 9.18 Å². The third-order valence-electron chi connectivity index (χ3n) is 3.71. The van der Waals surface area contributed by atoms with Crippen LogP contribution in [0.2, 0.25) is 0 Å². The van der Waals surface area contributed by atoms with Gasteiger partial charge in [-0.15, -0.1) is 11.3 Å². The predicted octanol–water partition coefficient (Wildman–Crippen LogP) is 3.24. The Hall–Kier alpha value is -3.66. The molecule has 0 aliphatic rings. The third kappa shape index (κ3) is 5.20. The average Bonchev–Trinajstić information content (AvgIpc) is 3.10. The number of carboxylic acids is 1. The van der Waals surface area contributed by atoms with Gasteiger partial charge in [-0.1, -0.05) is 6.07 Å². The molecule has 0 fully saturated rings. The highest BCUT2D eigenvalue weighted by Gasteiger charge is 2.23. The number of thiophene rings is 1. The van der Waals surface area contributed by atoms with Crippen molar-refractivity contribution < 1.29 is 33.7 Å². The summed E-state index contributed by atoms with van der Waals surface area (Å²) in [5.74, 6) is -1.61. The normalized spacial score (nSPS) is 11.1. The summed E-state index contributed by atoms with van der Waals surface area (Å²) >= 11 is 1.30. The number of fused-ring (bicyclic) bond motifs is 1. The van der Waals surface area contributed by atoms with E-state index in [4.69, 9.17) is 30.5 Å². The zero-order chi connectivity index (χ0) is 21.6. The number of ether oxygens (including phenoxy) is 2. The number of aliphatic carboxylic acids is 1. The van der Waals surface area contributed by atoms with Gasteiger partial charge in [0.25, 0.3) is 6.47 Å². The van der Waals surface area contributed by atoms with E-state index in [0.29, 0.717) is 10.6 Å². The number of rotatable bonds is 6. The molecule has 1 heterocycles. The monoisotopic (exact) mass is 420 g/mol. The minimum Gasteiger partial charge on any atom is -0.494 e.